The molecule has 2 aliphatic rings. The van der Waals surface area contributed by atoms with Crippen LogP contribution in [0.5, 0.6) is 0 Å². The zero-order chi connectivity index (χ0) is 17.9. The number of carbonyl (C=O) groups excluding carboxylic acids is 2. The van der Waals surface area contributed by atoms with Crippen LogP contribution < -0.4 is 5.32 Å². The Kier molecular flexibility index (Phi) is 5.26. The highest BCUT2D eigenvalue weighted by Gasteiger charge is 2.30. The fraction of sp³-hybridized carbons (Fsp3) is 0.474. The minimum absolute atomic E-state index is 0.0507. The Bertz CT molecular complexity index is 772. The lowest BCUT2D eigenvalue weighted by Gasteiger charge is -2.27. The van der Waals surface area contributed by atoms with Gasteiger partial charge in [0.05, 0.1) is 6.04 Å². The lowest BCUT2D eigenvalue weighted by atomic mass is 10.1. The molecule has 2 aromatic rings. The van der Waals surface area contributed by atoms with Crippen molar-refractivity contribution in [1.82, 2.24) is 15.1 Å². The van der Waals surface area contributed by atoms with Gasteiger partial charge in [0.2, 0.25) is 5.91 Å². The standard InChI is InChI=1S/C19H23N3O2S2/c23-18(21-9-4-17-14(12-21)6-11-26-17)3-7-20-19(24)22-8-1-2-16(22)15-5-10-25-13-15/h5-6,10-11,13,16H,1-4,7-9,12H2,(H,20,24)/t16-/m1/s1. The Hall–Kier alpha value is -1.86. The van der Waals surface area contributed by atoms with Gasteiger partial charge in [0.25, 0.3) is 0 Å². The molecule has 2 aliphatic heterocycles. The summed E-state index contributed by atoms with van der Waals surface area (Å²) in [6, 6.07) is 4.33. The maximum absolute atomic E-state index is 12.5. The molecular formula is C19H23N3O2S2. The molecule has 0 radical (unpaired) electrons. The number of hydrogen-bond acceptors (Lipinski definition) is 4. The van der Waals surface area contributed by atoms with Gasteiger partial charge in [0, 0.05) is 37.5 Å². The third-order valence-corrected chi connectivity index (χ3v) is 6.94. The third kappa shape index (κ3) is 3.64. The highest BCUT2D eigenvalue weighted by Crippen LogP contribution is 2.32. The summed E-state index contributed by atoms with van der Waals surface area (Å²) in [5.74, 6) is 0.123. The van der Waals surface area contributed by atoms with Crippen molar-refractivity contribution < 1.29 is 9.59 Å². The molecule has 1 N–H and O–H groups in total. The van der Waals surface area contributed by atoms with Gasteiger partial charge in [0.1, 0.15) is 0 Å². The minimum atomic E-state index is -0.0507. The molecule has 1 atom stereocenters. The van der Waals surface area contributed by atoms with E-state index in [9.17, 15) is 9.59 Å². The van der Waals surface area contributed by atoms with E-state index in [0.717, 1.165) is 32.4 Å². The van der Waals surface area contributed by atoms with Crippen molar-refractivity contribution >= 4 is 34.6 Å². The molecule has 1 saturated heterocycles. The van der Waals surface area contributed by atoms with Crippen LogP contribution >= 0.6 is 22.7 Å². The number of urea groups is 1. The number of rotatable bonds is 4. The molecule has 7 heteroatoms. The third-order valence-electron chi connectivity index (χ3n) is 5.22. The first kappa shape index (κ1) is 17.5. The molecule has 4 rings (SSSR count). The highest BCUT2D eigenvalue weighted by molar-refractivity contribution is 7.10. The number of likely N-dealkylation sites (tertiary alicyclic amines) is 1. The van der Waals surface area contributed by atoms with Gasteiger partial charge in [-0.3, -0.25) is 4.79 Å². The number of carbonyl (C=O) groups is 2. The van der Waals surface area contributed by atoms with E-state index in [-0.39, 0.29) is 18.0 Å². The van der Waals surface area contributed by atoms with E-state index in [2.05, 4.69) is 33.6 Å². The zero-order valence-corrected chi connectivity index (χ0v) is 16.3. The second kappa shape index (κ2) is 7.80. The molecule has 4 heterocycles. The normalized spacial score (nSPS) is 19.5. The zero-order valence-electron chi connectivity index (χ0n) is 14.6. The van der Waals surface area contributed by atoms with Crippen LogP contribution in [0.3, 0.4) is 0 Å². The van der Waals surface area contributed by atoms with Gasteiger partial charge in [-0.2, -0.15) is 11.3 Å². The summed E-state index contributed by atoms with van der Waals surface area (Å²) < 4.78 is 0. The summed E-state index contributed by atoms with van der Waals surface area (Å²) in [6.45, 7) is 2.68. The van der Waals surface area contributed by atoms with Crippen molar-refractivity contribution in [1.29, 1.82) is 0 Å². The van der Waals surface area contributed by atoms with Crippen LogP contribution in [0.25, 0.3) is 0 Å². The Morgan fingerprint density at radius 1 is 1.23 bits per heavy atom. The van der Waals surface area contributed by atoms with E-state index in [4.69, 9.17) is 0 Å². The van der Waals surface area contributed by atoms with Gasteiger partial charge >= 0.3 is 6.03 Å². The van der Waals surface area contributed by atoms with Crippen LogP contribution in [0.15, 0.2) is 28.3 Å². The highest BCUT2D eigenvalue weighted by atomic mass is 32.1. The SMILES string of the molecule is O=C(CCNC(=O)N1CCC[C@@H]1c1ccsc1)N1CCc2sccc2C1. The smallest absolute Gasteiger partial charge is 0.317 e. The van der Waals surface area contributed by atoms with Crippen LogP contribution in [-0.4, -0.2) is 41.4 Å². The molecule has 0 aliphatic carbocycles. The summed E-state index contributed by atoms with van der Waals surface area (Å²) in [6.07, 6.45) is 3.35. The Labute approximate surface area is 161 Å². The second-order valence-corrected chi connectivity index (χ2v) is 8.61. The first-order valence-corrected chi connectivity index (χ1v) is 10.9. The van der Waals surface area contributed by atoms with E-state index in [1.54, 1.807) is 22.7 Å². The van der Waals surface area contributed by atoms with E-state index in [1.165, 1.54) is 16.0 Å². The molecule has 138 valence electrons. The fourth-order valence-corrected chi connectivity index (χ4v) is 5.42. The first-order chi connectivity index (χ1) is 12.7. The Morgan fingerprint density at radius 3 is 3.00 bits per heavy atom. The van der Waals surface area contributed by atoms with Crippen LogP contribution in [0, 0.1) is 0 Å². The molecule has 1 fully saturated rings. The van der Waals surface area contributed by atoms with Crippen molar-refractivity contribution in [3.63, 3.8) is 0 Å². The molecule has 26 heavy (non-hydrogen) atoms. The molecule has 0 saturated carbocycles. The Balaban J connectivity index is 1.25. The number of nitrogens with zero attached hydrogens (tertiary/aromatic N) is 2. The van der Waals surface area contributed by atoms with E-state index in [0.29, 0.717) is 19.5 Å². The van der Waals surface area contributed by atoms with Crippen LogP contribution in [0.2, 0.25) is 0 Å². The number of fused-ring (bicyclic) bond motifs is 1. The predicted molar refractivity (Wildman–Crippen MR) is 104 cm³/mol. The number of thiophene rings is 2. The summed E-state index contributed by atoms with van der Waals surface area (Å²) in [5, 5.41) is 9.22. The summed E-state index contributed by atoms with van der Waals surface area (Å²) in [7, 11) is 0. The van der Waals surface area contributed by atoms with Gasteiger partial charge in [-0.05, 0) is 58.7 Å². The predicted octanol–water partition coefficient (Wildman–Crippen LogP) is 3.63. The maximum Gasteiger partial charge on any atom is 0.317 e. The molecular weight excluding hydrogens is 366 g/mol. The topological polar surface area (TPSA) is 52.7 Å². The lowest BCUT2D eigenvalue weighted by molar-refractivity contribution is -0.131. The largest absolute Gasteiger partial charge is 0.338 e. The van der Waals surface area contributed by atoms with Gasteiger partial charge in [0.15, 0.2) is 0 Å². The molecule has 2 aromatic heterocycles. The van der Waals surface area contributed by atoms with Gasteiger partial charge in [-0.15, -0.1) is 11.3 Å². The fourth-order valence-electron chi connectivity index (χ4n) is 3.82. The monoisotopic (exact) mass is 389 g/mol. The van der Waals surface area contributed by atoms with E-state index >= 15 is 0 Å². The molecule has 5 nitrogen and oxygen atoms in total. The summed E-state index contributed by atoms with van der Waals surface area (Å²) >= 11 is 3.44. The minimum Gasteiger partial charge on any atom is -0.338 e. The Morgan fingerprint density at radius 2 is 2.15 bits per heavy atom. The average Bonchev–Trinajstić information content (AvgIpc) is 3.41. The number of nitrogens with one attached hydrogen (secondary N) is 1. The maximum atomic E-state index is 12.5. The first-order valence-electron chi connectivity index (χ1n) is 9.12. The molecule has 0 unspecified atom stereocenters. The quantitative estimate of drug-likeness (QED) is 0.868. The van der Waals surface area contributed by atoms with Crippen molar-refractivity contribution in [3.05, 3.63) is 44.3 Å². The lowest BCUT2D eigenvalue weighted by Crippen LogP contribution is -2.42. The van der Waals surface area contributed by atoms with Crippen LogP contribution in [0.4, 0.5) is 4.79 Å². The second-order valence-electron chi connectivity index (χ2n) is 6.82. The van der Waals surface area contributed by atoms with Crippen molar-refractivity contribution in [2.75, 3.05) is 19.6 Å². The summed E-state index contributed by atoms with van der Waals surface area (Å²) in [4.78, 5) is 30.2. The summed E-state index contributed by atoms with van der Waals surface area (Å²) in [5.41, 5.74) is 2.49. The van der Waals surface area contributed by atoms with Gasteiger partial charge in [-0.1, -0.05) is 0 Å². The molecule has 0 aromatic carbocycles. The van der Waals surface area contributed by atoms with Crippen molar-refractivity contribution in [2.45, 2.75) is 38.3 Å². The molecule has 3 amide bonds. The number of hydrogen-bond donors (Lipinski definition) is 1. The van der Waals surface area contributed by atoms with E-state index < -0.39 is 0 Å². The van der Waals surface area contributed by atoms with Gasteiger partial charge in [-0.25, -0.2) is 4.79 Å². The van der Waals surface area contributed by atoms with Crippen molar-refractivity contribution in [3.8, 4) is 0 Å². The van der Waals surface area contributed by atoms with Crippen molar-refractivity contribution in [2.24, 2.45) is 0 Å². The number of amides is 3. The average molecular weight is 390 g/mol. The van der Waals surface area contributed by atoms with Gasteiger partial charge < -0.3 is 15.1 Å². The van der Waals surface area contributed by atoms with Crippen LogP contribution in [-0.2, 0) is 17.8 Å². The van der Waals surface area contributed by atoms with Crippen LogP contribution in [0.1, 0.15) is 41.3 Å². The molecule has 0 spiro atoms. The van der Waals surface area contributed by atoms with E-state index in [1.807, 2.05) is 9.80 Å². The molecule has 0 bridgehead atoms.